The van der Waals surface area contributed by atoms with Crippen LogP contribution < -0.4 is 5.32 Å². The fourth-order valence-corrected chi connectivity index (χ4v) is 5.10. The van der Waals surface area contributed by atoms with Crippen LogP contribution in [0.5, 0.6) is 0 Å². The van der Waals surface area contributed by atoms with Gasteiger partial charge < -0.3 is 10.1 Å². The summed E-state index contributed by atoms with van der Waals surface area (Å²) in [7, 11) is 1.38. The molecule has 0 atom stereocenters. The Bertz CT molecular complexity index is 873. The molecule has 0 bridgehead atoms. The van der Waals surface area contributed by atoms with Crippen LogP contribution in [-0.2, 0) is 16.1 Å². The van der Waals surface area contributed by atoms with Gasteiger partial charge in [-0.2, -0.15) is 0 Å². The van der Waals surface area contributed by atoms with Crippen molar-refractivity contribution < 1.29 is 14.3 Å². The van der Waals surface area contributed by atoms with Gasteiger partial charge >= 0.3 is 5.97 Å². The van der Waals surface area contributed by atoms with Crippen molar-refractivity contribution in [3.8, 4) is 0 Å². The molecule has 3 rings (SSSR count). The van der Waals surface area contributed by atoms with Crippen molar-refractivity contribution in [2.45, 2.75) is 63.7 Å². The number of rotatable bonds is 5. The molecule has 0 unspecified atom stereocenters. The van der Waals surface area contributed by atoms with Gasteiger partial charge in [-0.25, -0.2) is 4.79 Å². The Balaban J connectivity index is 1.94. The first kappa shape index (κ1) is 22.0. The number of piperidine rings is 1. The average molecular weight is 409 g/mol. The lowest BCUT2D eigenvalue weighted by Crippen LogP contribution is -2.71. The van der Waals surface area contributed by atoms with Gasteiger partial charge in [-0.05, 0) is 58.2 Å². The third-order valence-electron chi connectivity index (χ3n) is 6.08. The highest BCUT2D eigenvalue weighted by Gasteiger charge is 2.57. The maximum absolute atomic E-state index is 13.0. The first-order chi connectivity index (χ1) is 14.1. The van der Waals surface area contributed by atoms with Crippen LogP contribution in [0.15, 0.2) is 60.7 Å². The summed E-state index contributed by atoms with van der Waals surface area (Å²) in [5.74, 6) is -0.656. The van der Waals surface area contributed by atoms with Crippen LogP contribution in [0.2, 0.25) is 0 Å². The molecular weight excluding hydrogens is 376 g/mol. The lowest BCUT2D eigenvalue weighted by Gasteiger charge is -2.58. The topological polar surface area (TPSA) is 58.6 Å². The van der Waals surface area contributed by atoms with E-state index < -0.39 is 11.5 Å². The number of carbonyl (C=O) groups excluding carboxylic acids is 2. The number of hydrogen-bond donors (Lipinski definition) is 1. The molecule has 1 saturated heterocycles. The van der Waals surface area contributed by atoms with Gasteiger partial charge in [-0.1, -0.05) is 48.5 Å². The number of benzene rings is 2. The number of ether oxygens (including phenoxy) is 1. The second-order valence-electron chi connectivity index (χ2n) is 9.44. The molecule has 1 fully saturated rings. The zero-order valence-electron chi connectivity index (χ0n) is 18.6. The van der Waals surface area contributed by atoms with E-state index in [2.05, 4.69) is 50.0 Å². The highest BCUT2D eigenvalue weighted by atomic mass is 16.5. The SMILES string of the molecule is COC(=O)C1(NC(=O)c2ccccc2)CC(C)(C)N(Cc2ccccc2)C(C)(C)C1. The third kappa shape index (κ3) is 4.41. The number of carbonyl (C=O) groups is 2. The van der Waals surface area contributed by atoms with Crippen LogP contribution in [0.4, 0.5) is 0 Å². The number of esters is 1. The van der Waals surface area contributed by atoms with Gasteiger partial charge in [-0.15, -0.1) is 0 Å². The zero-order valence-corrected chi connectivity index (χ0v) is 18.6. The zero-order chi connectivity index (χ0) is 22.0. The molecule has 160 valence electrons. The lowest BCUT2D eigenvalue weighted by molar-refractivity contribution is -0.159. The molecule has 5 heteroatoms. The molecule has 30 heavy (non-hydrogen) atoms. The summed E-state index contributed by atoms with van der Waals surface area (Å²) in [4.78, 5) is 28.5. The normalized spacial score (nSPS) is 19.6. The quantitative estimate of drug-likeness (QED) is 0.754. The summed E-state index contributed by atoms with van der Waals surface area (Å²) in [6.07, 6.45) is 0.920. The van der Waals surface area contributed by atoms with E-state index in [1.54, 1.807) is 12.1 Å². The van der Waals surface area contributed by atoms with Crippen LogP contribution >= 0.6 is 0 Å². The number of amides is 1. The van der Waals surface area contributed by atoms with Crippen molar-refractivity contribution in [3.63, 3.8) is 0 Å². The molecule has 1 amide bonds. The fourth-order valence-electron chi connectivity index (χ4n) is 5.10. The van der Waals surface area contributed by atoms with E-state index in [0.717, 1.165) is 6.54 Å². The molecular formula is C25H32N2O3. The molecule has 1 aliphatic heterocycles. The molecule has 1 N–H and O–H groups in total. The number of nitrogens with one attached hydrogen (secondary N) is 1. The van der Waals surface area contributed by atoms with Crippen LogP contribution in [0.1, 0.15) is 56.5 Å². The van der Waals surface area contributed by atoms with E-state index in [0.29, 0.717) is 18.4 Å². The van der Waals surface area contributed by atoms with E-state index in [9.17, 15) is 9.59 Å². The van der Waals surface area contributed by atoms with Gasteiger partial charge in [0.2, 0.25) is 0 Å². The first-order valence-corrected chi connectivity index (χ1v) is 10.4. The highest BCUT2D eigenvalue weighted by molar-refractivity contribution is 5.98. The summed E-state index contributed by atoms with van der Waals surface area (Å²) in [5, 5.41) is 3.05. The Labute approximate surface area is 179 Å². The number of hydrogen-bond acceptors (Lipinski definition) is 4. The van der Waals surface area contributed by atoms with Crippen LogP contribution in [0.3, 0.4) is 0 Å². The van der Waals surface area contributed by atoms with Crippen molar-refractivity contribution in [1.82, 2.24) is 10.2 Å². The van der Waals surface area contributed by atoms with E-state index in [4.69, 9.17) is 4.74 Å². The molecule has 0 radical (unpaired) electrons. The van der Waals surface area contributed by atoms with Gasteiger partial charge in [0, 0.05) is 23.2 Å². The van der Waals surface area contributed by atoms with Crippen LogP contribution in [0.25, 0.3) is 0 Å². The maximum atomic E-state index is 13.0. The minimum atomic E-state index is -1.10. The van der Waals surface area contributed by atoms with Gasteiger partial charge in [-0.3, -0.25) is 9.69 Å². The lowest BCUT2D eigenvalue weighted by atomic mass is 9.68. The fraction of sp³-hybridized carbons (Fsp3) is 0.440. The van der Waals surface area contributed by atoms with Gasteiger partial charge in [0.1, 0.15) is 5.54 Å². The monoisotopic (exact) mass is 408 g/mol. The van der Waals surface area contributed by atoms with Crippen molar-refractivity contribution >= 4 is 11.9 Å². The number of methoxy groups -OCH3 is 1. The summed E-state index contributed by atoms with van der Waals surface area (Å²) in [6.45, 7) is 9.28. The second-order valence-corrected chi connectivity index (χ2v) is 9.44. The minimum absolute atomic E-state index is 0.260. The highest BCUT2D eigenvalue weighted by Crippen LogP contribution is 2.45. The Hall–Kier alpha value is -2.66. The van der Waals surface area contributed by atoms with Crippen molar-refractivity contribution in [1.29, 1.82) is 0 Å². The van der Waals surface area contributed by atoms with Gasteiger partial charge in [0.05, 0.1) is 7.11 Å². The molecule has 1 heterocycles. The van der Waals surface area contributed by atoms with E-state index in [1.165, 1.54) is 12.7 Å². The number of nitrogens with zero attached hydrogens (tertiary/aromatic N) is 1. The maximum Gasteiger partial charge on any atom is 0.331 e. The van der Waals surface area contributed by atoms with Crippen molar-refractivity contribution in [3.05, 3.63) is 71.8 Å². The molecule has 5 nitrogen and oxygen atoms in total. The molecule has 0 aliphatic carbocycles. The largest absolute Gasteiger partial charge is 0.467 e. The summed E-state index contributed by atoms with van der Waals surface area (Å²) in [5.41, 5.74) is -0.0477. The minimum Gasteiger partial charge on any atom is -0.467 e. The predicted octanol–water partition coefficient (Wildman–Crippen LogP) is 4.18. The Morgan fingerprint density at radius 1 is 0.900 bits per heavy atom. The Morgan fingerprint density at radius 3 is 1.90 bits per heavy atom. The standard InChI is InChI=1S/C25H32N2O3/c1-23(2)17-25(22(29)30-5,26-21(28)20-14-10-7-11-15-20)18-24(3,4)27(23)16-19-12-8-6-9-13-19/h6-15H,16-18H2,1-5H3,(H,26,28). The first-order valence-electron chi connectivity index (χ1n) is 10.4. The third-order valence-corrected chi connectivity index (χ3v) is 6.08. The average Bonchev–Trinajstić information content (AvgIpc) is 2.71. The molecule has 0 aromatic heterocycles. The van der Waals surface area contributed by atoms with E-state index >= 15 is 0 Å². The summed E-state index contributed by atoms with van der Waals surface area (Å²) in [6, 6.07) is 19.3. The molecule has 2 aromatic rings. The number of likely N-dealkylation sites (tertiary alicyclic amines) is 1. The van der Waals surface area contributed by atoms with E-state index in [1.807, 2.05) is 36.4 Å². The summed E-state index contributed by atoms with van der Waals surface area (Å²) < 4.78 is 5.20. The molecule has 0 spiro atoms. The molecule has 2 aromatic carbocycles. The smallest absolute Gasteiger partial charge is 0.331 e. The van der Waals surface area contributed by atoms with Crippen LogP contribution in [0, 0.1) is 0 Å². The predicted molar refractivity (Wildman–Crippen MR) is 118 cm³/mol. The Morgan fingerprint density at radius 2 is 1.40 bits per heavy atom. The van der Waals surface area contributed by atoms with Gasteiger partial charge in [0.15, 0.2) is 0 Å². The second kappa shape index (κ2) is 8.23. The summed E-state index contributed by atoms with van der Waals surface area (Å²) >= 11 is 0. The molecule has 1 aliphatic rings. The van der Waals surface area contributed by atoms with Crippen molar-refractivity contribution in [2.24, 2.45) is 0 Å². The van der Waals surface area contributed by atoms with E-state index in [-0.39, 0.29) is 17.0 Å². The van der Waals surface area contributed by atoms with Crippen LogP contribution in [-0.4, -0.2) is 40.5 Å². The van der Waals surface area contributed by atoms with Crippen molar-refractivity contribution in [2.75, 3.05) is 7.11 Å². The van der Waals surface area contributed by atoms with Gasteiger partial charge in [0.25, 0.3) is 5.91 Å². The molecule has 0 saturated carbocycles. The Kier molecular flexibility index (Phi) is 6.04.